The van der Waals surface area contributed by atoms with E-state index in [2.05, 4.69) is 51.2 Å². The summed E-state index contributed by atoms with van der Waals surface area (Å²) in [5, 5.41) is 16.7. The first-order valence-electron chi connectivity index (χ1n) is 10.0. The van der Waals surface area contributed by atoms with Crippen LogP contribution < -0.4 is 4.90 Å². The van der Waals surface area contributed by atoms with Gasteiger partial charge in [-0.3, -0.25) is 4.99 Å². The molecular formula is C24H25N5. The molecule has 2 aliphatic heterocycles. The Balaban J connectivity index is 1.46. The highest BCUT2D eigenvalue weighted by Gasteiger charge is 2.22. The van der Waals surface area contributed by atoms with Gasteiger partial charge in [-0.05, 0) is 36.8 Å². The maximum absolute atomic E-state index is 9.05. The van der Waals surface area contributed by atoms with Gasteiger partial charge in [0.25, 0.3) is 0 Å². The number of allylic oxidation sites excluding steroid dienone is 1. The third-order valence-corrected chi connectivity index (χ3v) is 5.48. The van der Waals surface area contributed by atoms with E-state index in [-0.39, 0.29) is 0 Å². The SMILES string of the molecule is CC(=N)CC1=NCC(N2CCN(c3ccccc3-c3ccc(C#N)cc3)CC2)=C1. The Morgan fingerprint density at radius 1 is 1.03 bits per heavy atom. The maximum atomic E-state index is 9.05. The molecule has 146 valence electrons. The monoisotopic (exact) mass is 383 g/mol. The Bertz CT molecular complexity index is 1000. The minimum Gasteiger partial charge on any atom is -0.370 e. The van der Waals surface area contributed by atoms with Crippen LogP contribution in [0, 0.1) is 16.7 Å². The second kappa shape index (κ2) is 8.32. The van der Waals surface area contributed by atoms with Gasteiger partial charge in [0.15, 0.2) is 0 Å². The highest BCUT2D eigenvalue weighted by Crippen LogP contribution is 2.32. The van der Waals surface area contributed by atoms with Gasteiger partial charge >= 0.3 is 0 Å². The first-order chi connectivity index (χ1) is 14.1. The van der Waals surface area contributed by atoms with Gasteiger partial charge in [0.05, 0.1) is 18.2 Å². The van der Waals surface area contributed by atoms with E-state index in [4.69, 9.17) is 10.7 Å². The summed E-state index contributed by atoms with van der Waals surface area (Å²) in [6.07, 6.45) is 2.82. The Labute approximate surface area is 172 Å². The number of nitrogens with zero attached hydrogens (tertiary/aromatic N) is 4. The van der Waals surface area contributed by atoms with Crippen LogP contribution in [-0.2, 0) is 0 Å². The van der Waals surface area contributed by atoms with Gasteiger partial charge < -0.3 is 15.2 Å². The largest absolute Gasteiger partial charge is 0.370 e. The number of anilines is 1. The molecule has 1 saturated heterocycles. The standard InChI is InChI=1S/C24H25N5/c1-18(26)14-21-15-22(17-27-21)28-10-12-29(13-11-28)24-5-3-2-4-23(24)20-8-6-19(16-25)7-9-20/h2-9,15,26H,10-14,17H2,1H3. The van der Waals surface area contributed by atoms with Gasteiger partial charge in [0.1, 0.15) is 0 Å². The van der Waals surface area contributed by atoms with Crippen LogP contribution in [0.25, 0.3) is 11.1 Å². The van der Waals surface area contributed by atoms with E-state index in [1.165, 1.54) is 16.9 Å². The number of rotatable bonds is 5. The lowest BCUT2D eigenvalue weighted by atomic mass is 10.0. The molecule has 2 heterocycles. The van der Waals surface area contributed by atoms with Crippen molar-refractivity contribution in [3.8, 4) is 17.2 Å². The molecule has 0 saturated carbocycles. The Hall–Kier alpha value is -3.39. The lowest BCUT2D eigenvalue weighted by Crippen LogP contribution is -2.46. The summed E-state index contributed by atoms with van der Waals surface area (Å²) in [5.74, 6) is 0. The average Bonchev–Trinajstić information content (AvgIpc) is 3.22. The summed E-state index contributed by atoms with van der Waals surface area (Å²) in [6, 6.07) is 18.5. The van der Waals surface area contributed by atoms with Crippen molar-refractivity contribution in [3.63, 3.8) is 0 Å². The molecule has 0 radical (unpaired) electrons. The van der Waals surface area contributed by atoms with Crippen LogP contribution >= 0.6 is 0 Å². The highest BCUT2D eigenvalue weighted by molar-refractivity contribution is 6.09. The predicted octanol–water partition coefficient (Wildman–Crippen LogP) is 4.12. The molecule has 2 aromatic rings. The molecule has 5 nitrogen and oxygen atoms in total. The van der Waals surface area contributed by atoms with Crippen LogP contribution in [0.4, 0.5) is 5.69 Å². The molecule has 29 heavy (non-hydrogen) atoms. The molecular weight excluding hydrogens is 358 g/mol. The summed E-state index contributed by atoms with van der Waals surface area (Å²) in [7, 11) is 0. The van der Waals surface area contributed by atoms with E-state index in [1.54, 1.807) is 0 Å². The van der Waals surface area contributed by atoms with Gasteiger partial charge in [-0.2, -0.15) is 5.26 Å². The van der Waals surface area contributed by atoms with Gasteiger partial charge in [0.2, 0.25) is 0 Å². The second-order valence-corrected chi connectivity index (χ2v) is 7.58. The molecule has 1 N–H and O–H groups in total. The predicted molar refractivity (Wildman–Crippen MR) is 119 cm³/mol. The van der Waals surface area contributed by atoms with E-state index in [9.17, 15) is 0 Å². The molecule has 0 amide bonds. The topological polar surface area (TPSA) is 66.5 Å². The molecule has 0 aliphatic carbocycles. The van der Waals surface area contributed by atoms with Crippen molar-refractivity contribution < 1.29 is 0 Å². The van der Waals surface area contributed by atoms with Crippen molar-refractivity contribution >= 4 is 17.1 Å². The lowest BCUT2D eigenvalue weighted by molar-refractivity contribution is 0.320. The number of hydrogen-bond donors (Lipinski definition) is 1. The van der Waals surface area contributed by atoms with Gasteiger partial charge in [-0.15, -0.1) is 0 Å². The van der Waals surface area contributed by atoms with E-state index in [0.717, 1.165) is 44.0 Å². The van der Waals surface area contributed by atoms with E-state index in [1.807, 2.05) is 31.2 Å². The van der Waals surface area contributed by atoms with Crippen molar-refractivity contribution in [1.82, 2.24) is 4.90 Å². The minimum atomic E-state index is 0.654. The highest BCUT2D eigenvalue weighted by atomic mass is 15.3. The lowest BCUT2D eigenvalue weighted by Gasteiger charge is -2.38. The summed E-state index contributed by atoms with van der Waals surface area (Å²) in [6.45, 7) is 6.44. The van der Waals surface area contributed by atoms with Crippen LogP contribution in [0.2, 0.25) is 0 Å². The average molecular weight is 383 g/mol. The fourth-order valence-electron chi connectivity index (χ4n) is 3.99. The minimum absolute atomic E-state index is 0.654. The first kappa shape index (κ1) is 18.9. The van der Waals surface area contributed by atoms with Crippen molar-refractivity contribution in [2.24, 2.45) is 4.99 Å². The first-order valence-corrected chi connectivity index (χ1v) is 10.0. The maximum Gasteiger partial charge on any atom is 0.0991 e. The van der Waals surface area contributed by atoms with Crippen molar-refractivity contribution in [1.29, 1.82) is 10.7 Å². The summed E-state index contributed by atoms with van der Waals surface area (Å²) < 4.78 is 0. The molecule has 0 bridgehead atoms. The fourth-order valence-corrected chi connectivity index (χ4v) is 3.99. The zero-order valence-electron chi connectivity index (χ0n) is 16.7. The molecule has 5 heteroatoms. The molecule has 0 aromatic heterocycles. The normalized spacial score (nSPS) is 16.3. The van der Waals surface area contributed by atoms with Crippen LogP contribution in [0.5, 0.6) is 0 Å². The van der Waals surface area contributed by atoms with E-state index < -0.39 is 0 Å². The molecule has 0 unspecified atom stereocenters. The number of nitrogens with one attached hydrogen (secondary N) is 1. The van der Waals surface area contributed by atoms with E-state index >= 15 is 0 Å². The summed E-state index contributed by atoms with van der Waals surface area (Å²) >= 11 is 0. The molecule has 0 atom stereocenters. The molecule has 0 spiro atoms. The number of para-hydroxylation sites is 1. The summed E-state index contributed by atoms with van der Waals surface area (Å²) in [5.41, 5.74) is 7.24. The molecule has 2 aromatic carbocycles. The third kappa shape index (κ3) is 4.22. The smallest absolute Gasteiger partial charge is 0.0991 e. The van der Waals surface area contributed by atoms with Crippen molar-refractivity contribution in [2.45, 2.75) is 13.3 Å². The van der Waals surface area contributed by atoms with Crippen LogP contribution in [-0.4, -0.2) is 49.0 Å². The Morgan fingerprint density at radius 2 is 1.72 bits per heavy atom. The van der Waals surface area contributed by atoms with Gasteiger partial charge in [-0.25, -0.2) is 0 Å². The Morgan fingerprint density at radius 3 is 2.41 bits per heavy atom. The fraction of sp³-hybridized carbons (Fsp3) is 0.292. The Kier molecular flexibility index (Phi) is 5.44. The third-order valence-electron chi connectivity index (χ3n) is 5.48. The van der Waals surface area contributed by atoms with Crippen LogP contribution in [0.3, 0.4) is 0 Å². The number of piperazine rings is 1. The molecule has 2 aliphatic rings. The summed E-state index contributed by atoms with van der Waals surface area (Å²) in [4.78, 5) is 9.46. The zero-order chi connectivity index (χ0) is 20.2. The number of nitriles is 1. The van der Waals surface area contributed by atoms with E-state index in [0.29, 0.717) is 17.7 Å². The van der Waals surface area contributed by atoms with Crippen molar-refractivity contribution in [2.75, 3.05) is 37.6 Å². The quantitative estimate of drug-likeness (QED) is 0.790. The number of hydrogen-bond acceptors (Lipinski definition) is 5. The van der Waals surface area contributed by atoms with Crippen LogP contribution in [0.15, 0.2) is 65.3 Å². The second-order valence-electron chi connectivity index (χ2n) is 7.58. The number of aliphatic imine (C=N–C) groups is 1. The van der Waals surface area contributed by atoms with Crippen molar-refractivity contribution in [3.05, 3.63) is 65.9 Å². The molecule has 4 rings (SSSR count). The van der Waals surface area contributed by atoms with Gasteiger partial charge in [-0.1, -0.05) is 30.3 Å². The zero-order valence-corrected chi connectivity index (χ0v) is 16.7. The van der Waals surface area contributed by atoms with Gasteiger partial charge in [0, 0.05) is 61.0 Å². The molecule has 1 fully saturated rings. The number of benzene rings is 2. The van der Waals surface area contributed by atoms with Crippen LogP contribution in [0.1, 0.15) is 18.9 Å².